The van der Waals surface area contributed by atoms with Gasteiger partial charge >= 0.3 is 0 Å². The first-order valence-corrected chi connectivity index (χ1v) is 3.39. The Morgan fingerprint density at radius 2 is 2.18 bits per heavy atom. The number of hydrogen-bond donors (Lipinski definition) is 2. The number of nitrogens with one attached hydrogen (secondary N) is 1. The highest BCUT2D eigenvalue weighted by Crippen LogP contribution is 2.20. The summed E-state index contributed by atoms with van der Waals surface area (Å²) in [4.78, 5) is 0. The van der Waals surface area contributed by atoms with E-state index in [0.717, 1.165) is 17.0 Å². The number of rotatable bonds is 2. The molecule has 0 unspecified atom stereocenters. The Morgan fingerprint density at radius 1 is 1.45 bits per heavy atom. The molecule has 3 N–H and O–H groups in total. The fraction of sp³-hybridized carbons (Fsp3) is 0.250. The molecule has 1 aromatic carbocycles. The van der Waals surface area contributed by atoms with Gasteiger partial charge in [-0.3, -0.25) is 5.84 Å². The van der Waals surface area contributed by atoms with Crippen molar-refractivity contribution in [3.8, 4) is 5.75 Å². The Labute approximate surface area is 66.1 Å². The molecular formula is C8H12N2O. The summed E-state index contributed by atoms with van der Waals surface area (Å²) in [6.07, 6.45) is 0. The van der Waals surface area contributed by atoms with E-state index in [1.807, 2.05) is 25.1 Å². The van der Waals surface area contributed by atoms with Gasteiger partial charge in [-0.2, -0.15) is 0 Å². The van der Waals surface area contributed by atoms with E-state index in [0.29, 0.717) is 0 Å². The minimum Gasteiger partial charge on any atom is -0.496 e. The van der Waals surface area contributed by atoms with E-state index in [4.69, 9.17) is 10.6 Å². The molecule has 3 heteroatoms. The summed E-state index contributed by atoms with van der Waals surface area (Å²) >= 11 is 0. The number of methoxy groups -OCH3 is 1. The molecule has 0 bridgehead atoms. The second-order valence-corrected chi connectivity index (χ2v) is 2.33. The Balaban J connectivity index is 3.02. The van der Waals surface area contributed by atoms with Crippen LogP contribution in [-0.4, -0.2) is 7.11 Å². The lowest BCUT2D eigenvalue weighted by atomic mass is 10.2. The number of benzene rings is 1. The summed E-state index contributed by atoms with van der Waals surface area (Å²) in [6.45, 7) is 1.99. The van der Waals surface area contributed by atoms with E-state index < -0.39 is 0 Å². The van der Waals surface area contributed by atoms with Crippen molar-refractivity contribution in [1.82, 2.24) is 0 Å². The first-order chi connectivity index (χ1) is 5.27. The average Bonchev–Trinajstić information content (AvgIpc) is 2.05. The fourth-order valence-corrected chi connectivity index (χ4v) is 0.910. The summed E-state index contributed by atoms with van der Waals surface area (Å²) in [6, 6.07) is 5.71. The van der Waals surface area contributed by atoms with Gasteiger partial charge < -0.3 is 10.2 Å². The summed E-state index contributed by atoms with van der Waals surface area (Å²) in [5.41, 5.74) is 4.51. The third kappa shape index (κ3) is 1.62. The maximum absolute atomic E-state index is 5.22. The number of ether oxygens (including phenoxy) is 1. The van der Waals surface area contributed by atoms with Crippen molar-refractivity contribution in [3.63, 3.8) is 0 Å². The monoisotopic (exact) mass is 152 g/mol. The lowest BCUT2D eigenvalue weighted by Crippen LogP contribution is -2.06. The van der Waals surface area contributed by atoms with Gasteiger partial charge in [0.15, 0.2) is 0 Å². The van der Waals surface area contributed by atoms with Gasteiger partial charge in [0.05, 0.1) is 12.8 Å². The van der Waals surface area contributed by atoms with Crippen molar-refractivity contribution in [1.29, 1.82) is 0 Å². The second-order valence-electron chi connectivity index (χ2n) is 2.33. The molecule has 1 aromatic rings. The fourth-order valence-electron chi connectivity index (χ4n) is 0.910. The Morgan fingerprint density at radius 3 is 2.73 bits per heavy atom. The third-order valence-corrected chi connectivity index (χ3v) is 1.57. The van der Waals surface area contributed by atoms with E-state index in [1.54, 1.807) is 7.11 Å². The van der Waals surface area contributed by atoms with Crippen LogP contribution in [0.2, 0.25) is 0 Å². The summed E-state index contributed by atoms with van der Waals surface area (Å²) in [5, 5.41) is 0. The first-order valence-electron chi connectivity index (χ1n) is 3.39. The van der Waals surface area contributed by atoms with Gasteiger partial charge in [0.25, 0.3) is 0 Å². The maximum Gasteiger partial charge on any atom is 0.123 e. The van der Waals surface area contributed by atoms with Gasteiger partial charge in [-0.1, -0.05) is 6.07 Å². The van der Waals surface area contributed by atoms with E-state index >= 15 is 0 Å². The van der Waals surface area contributed by atoms with Crippen LogP contribution in [0.25, 0.3) is 0 Å². The highest BCUT2D eigenvalue weighted by Gasteiger charge is 1.97. The van der Waals surface area contributed by atoms with Crippen LogP contribution in [0.4, 0.5) is 5.69 Å². The van der Waals surface area contributed by atoms with E-state index in [1.165, 1.54) is 0 Å². The maximum atomic E-state index is 5.22. The van der Waals surface area contributed by atoms with Crippen LogP contribution < -0.4 is 16.0 Å². The molecule has 0 heterocycles. The molecule has 3 nitrogen and oxygen atoms in total. The number of hydrazine groups is 1. The van der Waals surface area contributed by atoms with Gasteiger partial charge in [-0.25, -0.2) is 0 Å². The van der Waals surface area contributed by atoms with Crippen LogP contribution in [0, 0.1) is 6.92 Å². The number of anilines is 1. The molecule has 0 radical (unpaired) electrons. The molecule has 1 rings (SSSR count). The summed E-state index contributed by atoms with van der Waals surface area (Å²) in [7, 11) is 1.64. The lowest BCUT2D eigenvalue weighted by Gasteiger charge is -2.06. The summed E-state index contributed by atoms with van der Waals surface area (Å²) in [5.74, 6) is 6.07. The lowest BCUT2D eigenvalue weighted by molar-refractivity contribution is 0.412. The molecule has 60 valence electrons. The molecule has 0 saturated carbocycles. The molecule has 0 fully saturated rings. The van der Waals surface area contributed by atoms with Crippen molar-refractivity contribution in [2.75, 3.05) is 12.5 Å². The third-order valence-electron chi connectivity index (χ3n) is 1.57. The number of nitrogen functional groups attached to an aromatic ring is 1. The zero-order valence-electron chi connectivity index (χ0n) is 6.72. The van der Waals surface area contributed by atoms with Crippen LogP contribution >= 0.6 is 0 Å². The molecule has 11 heavy (non-hydrogen) atoms. The predicted octanol–water partition coefficient (Wildman–Crippen LogP) is 1.29. The molecule has 0 aliphatic carbocycles. The van der Waals surface area contributed by atoms with Gasteiger partial charge in [-0.05, 0) is 18.6 Å². The van der Waals surface area contributed by atoms with Gasteiger partial charge in [-0.15, -0.1) is 0 Å². The Bertz CT molecular complexity index is 248. The quantitative estimate of drug-likeness (QED) is 0.496. The zero-order valence-corrected chi connectivity index (χ0v) is 6.72. The minimum absolute atomic E-state index is 0.848. The molecule has 0 spiro atoms. The smallest absolute Gasteiger partial charge is 0.123 e. The highest BCUT2D eigenvalue weighted by molar-refractivity contribution is 5.50. The highest BCUT2D eigenvalue weighted by atomic mass is 16.5. The molecular weight excluding hydrogens is 140 g/mol. The van der Waals surface area contributed by atoms with Crippen molar-refractivity contribution in [2.24, 2.45) is 5.84 Å². The van der Waals surface area contributed by atoms with Gasteiger partial charge in [0.1, 0.15) is 5.75 Å². The van der Waals surface area contributed by atoms with Gasteiger partial charge in [0.2, 0.25) is 0 Å². The average molecular weight is 152 g/mol. The largest absolute Gasteiger partial charge is 0.496 e. The number of hydrogen-bond acceptors (Lipinski definition) is 3. The molecule has 0 aromatic heterocycles. The first kappa shape index (κ1) is 7.88. The van der Waals surface area contributed by atoms with Crippen LogP contribution in [0.1, 0.15) is 5.56 Å². The van der Waals surface area contributed by atoms with Crippen LogP contribution in [0.3, 0.4) is 0 Å². The molecule has 0 saturated heterocycles. The van der Waals surface area contributed by atoms with Crippen LogP contribution in [0.5, 0.6) is 5.75 Å². The van der Waals surface area contributed by atoms with Crippen molar-refractivity contribution >= 4 is 5.69 Å². The normalized spacial score (nSPS) is 9.36. The van der Waals surface area contributed by atoms with Gasteiger partial charge in [0, 0.05) is 6.07 Å². The Kier molecular flexibility index (Phi) is 2.33. The number of nitrogens with two attached hydrogens (primary N) is 1. The topological polar surface area (TPSA) is 47.3 Å². The van der Waals surface area contributed by atoms with Crippen molar-refractivity contribution in [2.45, 2.75) is 6.92 Å². The summed E-state index contributed by atoms with van der Waals surface area (Å²) < 4.78 is 5.09. The van der Waals surface area contributed by atoms with Crippen LogP contribution in [0.15, 0.2) is 18.2 Å². The zero-order chi connectivity index (χ0) is 8.27. The second kappa shape index (κ2) is 3.25. The SMILES string of the molecule is COc1cc(NN)ccc1C. The van der Waals surface area contributed by atoms with E-state index in [-0.39, 0.29) is 0 Å². The minimum atomic E-state index is 0.848. The number of aryl methyl sites for hydroxylation is 1. The van der Waals surface area contributed by atoms with E-state index in [2.05, 4.69) is 5.43 Å². The predicted molar refractivity (Wildman–Crippen MR) is 45.5 cm³/mol. The van der Waals surface area contributed by atoms with Crippen molar-refractivity contribution in [3.05, 3.63) is 23.8 Å². The standard InChI is InChI=1S/C8H12N2O/c1-6-3-4-7(10-9)5-8(6)11-2/h3-5,10H,9H2,1-2H3. The molecule has 0 aliphatic rings. The molecule has 0 atom stereocenters. The molecule has 0 amide bonds. The van der Waals surface area contributed by atoms with Crippen LogP contribution in [-0.2, 0) is 0 Å². The van der Waals surface area contributed by atoms with Crippen molar-refractivity contribution < 1.29 is 4.74 Å². The Hall–Kier alpha value is -1.22. The molecule has 0 aliphatic heterocycles. The van der Waals surface area contributed by atoms with E-state index in [9.17, 15) is 0 Å².